The van der Waals surface area contributed by atoms with E-state index in [0.717, 1.165) is 16.7 Å². The van der Waals surface area contributed by atoms with E-state index in [9.17, 15) is 9.59 Å². The highest BCUT2D eigenvalue weighted by Gasteiger charge is 2.19. The molecule has 0 saturated carbocycles. The van der Waals surface area contributed by atoms with E-state index >= 15 is 0 Å². The Morgan fingerprint density at radius 3 is 2.48 bits per heavy atom. The van der Waals surface area contributed by atoms with Crippen LogP contribution in [0, 0.1) is 13.8 Å². The molecule has 3 nitrogen and oxygen atoms in total. The zero-order valence-electron chi connectivity index (χ0n) is 15.2. The average molecular weight is 358 g/mol. The van der Waals surface area contributed by atoms with Crippen LogP contribution in [0.15, 0.2) is 42.5 Å². The van der Waals surface area contributed by atoms with Crippen molar-refractivity contribution in [2.45, 2.75) is 39.7 Å². The van der Waals surface area contributed by atoms with E-state index in [0.29, 0.717) is 10.6 Å². The lowest BCUT2D eigenvalue weighted by Gasteiger charge is -2.25. The monoisotopic (exact) mass is 357 g/mol. The second-order valence-electron chi connectivity index (χ2n) is 6.48. The largest absolute Gasteiger partial charge is 0.339 e. The number of hydrogen-bond donors (Lipinski definition) is 0. The molecule has 0 fully saturated rings. The molecule has 0 aliphatic rings. The van der Waals surface area contributed by atoms with Crippen LogP contribution in [0.25, 0.3) is 0 Å². The van der Waals surface area contributed by atoms with Crippen LogP contribution < -0.4 is 0 Å². The van der Waals surface area contributed by atoms with Gasteiger partial charge in [0.25, 0.3) is 0 Å². The van der Waals surface area contributed by atoms with Crippen molar-refractivity contribution in [2.75, 3.05) is 7.05 Å². The summed E-state index contributed by atoms with van der Waals surface area (Å²) < 4.78 is 0. The third-order valence-electron chi connectivity index (χ3n) is 4.56. The van der Waals surface area contributed by atoms with Gasteiger partial charge in [-0.3, -0.25) is 9.59 Å². The molecule has 2 aromatic carbocycles. The minimum Gasteiger partial charge on any atom is -0.339 e. The molecule has 0 heterocycles. The van der Waals surface area contributed by atoms with Crippen LogP contribution in [0.5, 0.6) is 0 Å². The first-order chi connectivity index (χ1) is 11.8. The van der Waals surface area contributed by atoms with Crippen LogP contribution in [-0.4, -0.2) is 23.6 Å². The minimum atomic E-state index is -0.0954. The van der Waals surface area contributed by atoms with Crippen molar-refractivity contribution in [3.8, 4) is 0 Å². The summed E-state index contributed by atoms with van der Waals surface area (Å²) in [7, 11) is 1.76. The number of hydrogen-bond acceptors (Lipinski definition) is 2. The van der Waals surface area contributed by atoms with Gasteiger partial charge in [-0.2, -0.15) is 0 Å². The molecule has 1 atom stereocenters. The molecule has 2 aromatic rings. The van der Waals surface area contributed by atoms with Gasteiger partial charge in [-0.25, -0.2) is 0 Å². The number of rotatable bonds is 6. The normalized spacial score (nSPS) is 11.9. The van der Waals surface area contributed by atoms with Crippen molar-refractivity contribution in [3.63, 3.8) is 0 Å². The summed E-state index contributed by atoms with van der Waals surface area (Å²) in [5.41, 5.74) is 3.68. The Hall–Kier alpha value is -2.13. The number of Topliss-reactive ketones (excluding diaryl/α,β-unsaturated/α-hetero) is 1. The van der Waals surface area contributed by atoms with Gasteiger partial charge in [-0.15, -0.1) is 0 Å². The van der Waals surface area contributed by atoms with E-state index in [1.165, 1.54) is 0 Å². The lowest BCUT2D eigenvalue weighted by molar-refractivity contribution is -0.131. The average Bonchev–Trinajstić information content (AvgIpc) is 2.60. The van der Waals surface area contributed by atoms with E-state index in [1.54, 1.807) is 11.9 Å². The number of ketones is 1. The Bertz CT molecular complexity index is 785. The Morgan fingerprint density at radius 2 is 1.80 bits per heavy atom. The highest BCUT2D eigenvalue weighted by Crippen LogP contribution is 2.23. The minimum absolute atomic E-state index is 0.0124. The van der Waals surface area contributed by atoms with Gasteiger partial charge < -0.3 is 4.90 Å². The molecule has 0 aliphatic heterocycles. The van der Waals surface area contributed by atoms with Crippen molar-refractivity contribution >= 4 is 23.3 Å². The molecule has 0 aliphatic carbocycles. The molecule has 132 valence electrons. The summed E-state index contributed by atoms with van der Waals surface area (Å²) in [5, 5.41) is 0.648. The summed E-state index contributed by atoms with van der Waals surface area (Å²) in [4.78, 5) is 26.6. The Kier molecular flexibility index (Phi) is 6.38. The summed E-state index contributed by atoms with van der Waals surface area (Å²) in [6.45, 7) is 5.83. The van der Waals surface area contributed by atoms with Crippen molar-refractivity contribution in [3.05, 3.63) is 69.7 Å². The predicted octanol–water partition coefficient (Wildman–Crippen LogP) is 5.14. The highest BCUT2D eigenvalue weighted by atomic mass is 35.5. The smallest absolute Gasteiger partial charge is 0.223 e. The molecule has 25 heavy (non-hydrogen) atoms. The molecule has 2 rings (SSSR count). The van der Waals surface area contributed by atoms with Crippen LogP contribution in [0.1, 0.15) is 52.9 Å². The standard InChI is InChI=1S/C21H24ClNO2/c1-14-8-9-15(2)19(12-14)20(24)10-11-21(25)23(4)16(3)17-6-5-7-18(22)13-17/h5-9,12-13,16H,10-11H2,1-4H3. The molecule has 0 spiro atoms. The molecule has 1 amide bonds. The fourth-order valence-electron chi connectivity index (χ4n) is 2.77. The molecule has 0 N–H and O–H groups in total. The Morgan fingerprint density at radius 1 is 1.08 bits per heavy atom. The molecular weight excluding hydrogens is 334 g/mol. The third kappa shape index (κ3) is 4.93. The van der Waals surface area contributed by atoms with Crippen LogP contribution >= 0.6 is 11.6 Å². The lowest BCUT2D eigenvalue weighted by atomic mass is 9.99. The van der Waals surface area contributed by atoms with Gasteiger partial charge in [0.15, 0.2) is 5.78 Å². The number of aryl methyl sites for hydroxylation is 2. The molecule has 0 bridgehead atoms. The van der Waals surface area contributed by atoms with Gasteiger partial charge in [0.1, 0.15) is 0 Å². The van der Waals surface area contributed by atoms with Gasteiger partial charge >= 0.3 is 0 Å². The molecule has 0 aromatic heterocycles. The molecule has 0 saturated heterocycles. The first kappa shape index (κ1) is 19.2. The Labute approximate surface area is 154 Å². The van der Waals surface area contributed by atoms with E-state index in [-0.39, 0.29) is 30.6 Å². The first-order valence-corrected chi connectivity index (χ1v) is 8.79. The second kappa shape index (κ2) is 8.30. The predicted molar refractivity (Wildman–Crippen MR) is 102 cm³/mol. The van der Waals surface area contributed by atoms with Gasteiger partial charge in [0.2, 0.25) is 5.91 Å². The summed E-state index contributed by atoms with van der Waals surface area (Å²) in [5.74, 6) is -0.0375. The SMILES string of the molecule is Cc1ccc(C)c(C(=O)CCC(=O)N(C)C(C)c2cccc(Cl)c2)c1. The van der Waals surface area contributed by atoms with E-state index in [4.69, 9.17) is 11.6 Å². The van der Waals surface area contributed by atoms with Crippen molar-refractivity contribution in [1.29, 1.82) is 0 Å². The van der Waals surface area contributed by atoms with Gasteiger partial charge in [-0.1, -0.05) is 41.4 Å². The maximum absolute atomic E-state index is 12.5. The second-order valence-corrected chi connectivity index (χ2v) is 6.91. The van der Waals surface area contributed by atoms with Crippen LogP contribution in [0.3, 0.4) is 0 Å². The zero-order valence-corrected chi connectivity index (χ0v) is 15.9. The van der Waals surface area contributed by atoms with Crippen LogP contribution in [0.4, 0.5) is 0 Å². The van der Waals surface area contributed by atoms with Crippen molar-refractivity contribution in [1.82, 2.24) is 4.90 Å². The van der Waals surface area contributed by atoms with Crippen molar-refractivity contribution < 1.29 is 9.59 Å². The first-order valence-electron chi connectivity index (χ1n) is 8.41. The van der Waals surface area contributed by atoms with Gasteiger partial charge in [0.05, 0.1) is 6.04 Å². The van der Waals surface area contributed by atoms with E-state index in [1.807, 2.05) is 63.2 Å². The summed E-state index contributed by atoms with van der Waals surface area (Å²) in [6, 6.07) is 13.2. The van der Waals surface area contributed by atoms with Gasteiger partial charge in [-0.05, 0) is 50.1 Å². The Balaban J connectivity index is 1.99. The number of carbonyl (C=O) groups is 2. The highest BCUT2D eigenvalue weighted by molar-refractivity contribution is 6.30. The van der Waals surface area contributed by atoms with Crippen LogP contribution in [-0.2, 0) is 4.79 Å². The number of halogens is 1. The quantitative estimate of drug-likeness (QED) is 0.671. The molecule has 1 unspecified atom stereocenters. The maximum Gasteiger partial charge on any atom is 0.223 e. The number of carbonyl (C=O) groups excluding carboxylic acids is 2. The third-order valence-corrected chi connectivity index (χ3v) is 4.80. The zero-order chi connectivity index (χ0) is 18.6. The van der Waals surface area contributed by atoms with E-state index < -0.39 is 0 Å². The van der Waals surface area contributed by atoms with Crippen molar-refractivity contribution in [2.24, 2.45) is 0 Å². The van der Waals surface area contributed by atoms with Crippen LogP contribution in [0.2, 0.25) is 5.02 Å². The summed E-state index contributed by atoms with van der Waals surface area (Å²) in [6.07, 6.45) is 0.420. The lowest BCUT2D eigenvalue weighted by Crippen LogP contribution is -2.30. The maximum atomic E-state index is 12.5. The topological polar surface area (TPSA) is 37.4 Å². The number of nitrogens with zero attached hydrogens (tertiary/aromatic N) is 1. The molecule has 4 heteroatoms. The van der Waals surface area contributed by atoms with E-state index in [2.05, 4.69) is 0 Å². The number of amides is 1. The molecular formula is C21H24ClNO2. The molecule has 0 radical (unpaired) electrons. The fourth-order valence-corrected chi connectivity index (χ4v) is 2.97. The van der Waals surface area contributed by atoms with Gasteiger partial charge in [0, 0.05) is 30.5 Å². The number of benzene rings is 2. The fraction of sp³-hybridized carbons (Fsp3) is 0.333. The summed E-state index contributed by atoms with van der Waals surface area (Å²) >= 11 is 6.02.